The van der Waals surface area contributed by atoms with Crippen molar-refractivity contribution in [1.29, 1.82) is 0 Å². The highest BCUT2D eigenvalue weighted by molar-refractivity contribution is 6.43. The summed E-state index contributed by atoms with van der Waals surface area (Å²) >= 11 is 0. The van der Waals surface area contributed by atoms with Gasteiger partial charge in [-0.1, -0.05) is 0 Å². The molecule has 248 valence electrons. The van der Waals surface area contributed by atoms with Crippen molar-refractivity contribution < 1.29 is 54.1 Å². The van der Waals surface area contributed by atoms with Crippen LogP contribution in [0.2, 0.25) is 0 Å². The van der Waals surface area contributed by atoms with Crippen molar-refractivity contribution in [1.82, 2.24) is 35.1 Å². The Bertz CT molecular complexity index is 989. The van der Waals surface area contributed by atoms with E-state index < -0.39 is 61.3 Å². The van der Waals surface area contributed by atoms with Crippen LogP contribution >= 0.6 is 0 Å². The minimum Gasteiger partial charge on any atom is -0.480 e. The minimum atomic E-state index is -1.69. The maximum Gasteiger partial charge on any atom is 0.475 e. The van der Waals surface area contributed by atoms with Crippen molar-refractivity contribution >= 4 is 42.7 Å². The van der Waals surface area contributed by atoms with E-state index in [0.29, 0.717) is 19.4 Å². The summed E-state index contributed by atoms with van der Waals surface area (Å²) in [6.45, 7) is 2.27. The SMILES string of the molecule is C[C@@H](NC(=O)CNC(=O)CN1CCN(CC(=O)O)CCN(CC(=O)O)CCN(CC(=O)O)CC1)C(=O)N1CCC[C@H]1B(O)O. The van der Waals surface area contributed by atoms with Crippen molar-refractivity contribution in [2.45, 2.75) is 31.7 Å². The Balaban J connectivity index is 1.98. The van der Waals surface area contributed by atoms with Gasteiger partial charge in [0.05, 0.1) is 38.7 Å². The molecule has 0 aromatic heterocycles. The number of carboxylic acid groups (broad SMARTS) is 3. The summed E-state index contributed by atoms with van der Waals surface area (Å²) in [5, 5.41) is 51.9. The molecule has 2 aliphatic heterocycles. The van der Waals surface area contributed by atoms with E-state index in [1.54, 1.807) is 19.6 Å². The molecule has 2 atom stereocenters. The zero-order valence-corrected chi connectivity index (χ0v) is 25.0. The third-order valence-electron chi connectivity index (χ3n) is 7.49. The van der Waals surface area contributed by atoms with E-state index in [2.05, 4.69) is 10.6 Å². The number of hydrogen-bond acceptors (Lipinski definition) is 12. The summed E-state index contributed by atoms with van der Waals surface area (Å²) in [7, 11) is -1.69. The van der Waals surface area contributed by atoms with Gasteiger partial charge in [-0.2, -0.15) is 0 Å². The molecule has 0 aromatic carbocycles. The minimum absolute atomic E-state index is 0.168. The van der Waals surface area contributed by atoms with Crippen molar-refractivity contribution in [3.05, 3.63) is 0 Å². The first-order valence-electron chi connectivity index (χ1n) is 14.5. The Morgan fingerprint density at radius 3 is 1.48 bits per heavy atom. The molecule has 2 heterocycles. The van der Waals surface area contributed by atoms with Crippen molar-refractivity contribution in [2.24, 2.45) is 0 Å². The number of rotatable bonds is 13. The molecule has 18 nitrogen and oxygen atoms in total. The first kappa shape index (κ1) is 36.8. The van der Waals surface area contributed by atoms with Crippen LogP contribution in [0.5, 0.6) is 0 Å². The lowest BCUT2D eigenvalue weighted by Crippen LogP contribution is -2.54. The zero-order chi connectivity index (χ0) is 32.8. The number of carbonyl (C=O) groups excluding carboxylic acids is 3. The van der Waals surface area contributed by atoms with Crippen LogP contribution in [-0.4, -0.2) is 196 Å². The van der Waals surface area contributed by atoms with E-state index in [9.17, 15) is 54.1 Å². The average Bonchev–Trinajstić information content (AvgIpc) is 3.42. The van der Waals surface area contributed by atoms with E-state index in [1.165, 1.54) is 11.8 Å². The quantitative estimate of drug-likeness (QED) is 0.0944. The van der Waals surface area contributed by atoms with Crippen LogP contribution in [0.4, 0.5) is 0 Å². The molecular formula is C25H44BN7O11. The highest BCUT2D eigenvalue weighted by Gasteiger charge is 2.38. The molecule has 0 bridgehead atoms. The first-order chi connectivity index (χ1) is 20.7. The van der Waals surface area contributed by atoms with Gasteiger partial charge in [0.15, 0.2) is 0 Å². The summed E-state index contributed by atoms with van der Waals surface area (Å²) in [6, 6.07) is -0.958. The molecule has 2 rings (SSSR count). The summed E-state index contributed by atoms with van der Waals surface area (Å²) in [5.41, 5.74) is 0. The third-order valence-corrected chi connectivity index (χ3v) is 7.49. The first-order valence-corrected chi connectivity index (χ1v) is 14.5. The maximum atomic E-state index is 12.8. The van der Waals surface area contributed by atoms with Gasteiger partial charge in [0.1, 0.15) is 6.04 Å². The van der Waals surface area contributed by atoms with Crippen molar-refractivity contribution in [3.63, 3.8) is 0 Å². The molecule has 2 aliphatic rings. The Morgan fingerprint density at radius 2 is 1.09 bits per heavy atom. The largest absolute Gasteiger partial charge is 0.480 e. The summed E-state index contributed by atoms with van der Waals surface area (Å²) in [4.78, 5) is 80.0. The van der Waals surface area contributed by atoms with E-state index in [0.717, 1.165) is 0 Å². The molecule has 2 fully saturated rings. The Kier molecular flexibility index (Phi) is 15.4. The van der Waals surface area contributed by atoms with Gasteiger partial charge in [0.2, 0.25) is 17.7 Å². The molecule has 0 aliphatic carbocycles. The molecule has 3 amide bonds. The number of hydrogen-bond donors (Lipinski definition) is 7. The summed E-state index contributed by atoms with van der Waals surface area (Å²) < 4.78 is 0. The molecule has 0 spiro atoms. The Morgan fingerprint density at radius 1 is 0.682 bits per heavy atom. The number of nitrogens with zero attached hydrogens (tertiary/aromatic N) is 5. The average molecular weight is 629 g/mol. The Labute approximate surface area is 255 Å². The molecule has 0 unspecified atom stereocenters. The van der Waals surface area contributed by atoms with E-state index in [4.69, 9.17) is 0 Å². The normalized spacial score (nSPS) is 20.6. The summed E-state index contributed by atoms with van der Waals surface area (Å²) in [5.74, 6) is -5.54. The predicted molar refractivity (Wildman–Crippen MR) is 154 cm³/mol. The van der Waals surface area contributed by atoms with Crippen LogP contribution in [-0.2, 0) is 28.8 Å². The van der Waals surface area contributed by atoms with Crippen LogP contribution < -0.4 is 10.6 Å². The fourth-order valence-electron chi connectivity index (χ4n) is 5.20. The molecular weight excluding hydrogens is 585 g/mol. The van der Waals surface area contributed by atoms with Crippen LogP contribution in [0.3, 0.4) is 0 Å². The maximum absolute atomic E-state index is 12.8. The molecule has 2 saturated heterocycles. The van der Waals surface area contributed by atoms with Gasteiger partial charge in [-0.25, -0.2) is 0 Å². The van der Waals surface area contributed by atoms with Gasteiger partial charge < -0.3 is 40.9 Å². The van der Waals surface area contributed by atoms with Gasteiger partial charge in [-0.15, -0.1) is 0 Å². The number of carbonyl (C=O) groups is 6. The summed E-state index contributed by atoms with van der Waals surface area (Å²) in [6.07, 6.45) is 1.04. The predicted octanol–water partition coefficient (Wildman–Crippen LogP) is -4.91. The van der Waals surface area contributed by atoms with E-state index >= 15 is 0 Å². The molecule has 44 heavy (non-hydrogen) atoms. The molecule has 0 saturated carbocycles. The third kappa shape index (κ3) is 13.5. The number of aliphatic carboxylic acids is 3. The fourth-order valence-corrected chi connectivity index (χ4v) is 5.20. The van der Waals surface area contributed by atoms with E-state index in [1.807, 2.05) is 0 Å². The van der Waals surface area contributed by atoms with Crippen molar-refractivity contribution in [3.8, 4) is 0 Å². The number of nitrogens with one attached hydrogen (secondary N) is 2. The highest BCUT2D eigenvalue weighted by Crippen LogP contribution is 2.19. The van der Waals surface area contributed by atoms with Gasteiger partial charge in [0.25, 0.3) is 0 Å². The van der Waals surface area contributed by atoms with Crippen LogP contribution in [0.25, 0.3) is 0 Å². The zero-order valence-electron chi connectivity index (χ0n) is 25.0. The van der Waals surface area contributed by atoms with Crippen LogP contribution in [0.1, 0.15) is 19.8 Å². The highest BCUT2D eigenvalue weighted by atomic mass is 16.4. The van der Waals surface area contributed by atoms with Crippen LogP contribution in [0.15, 0.2) is 0 Å². The second-order valence-electron chi connectivity index (χ2n) is 11.0. The number of carboxylic acids is 3. The van der Waals surface area contributed by atoms with Crippen molar-refractivity contribution in [2.75, 3.05) is 91.6 Å². The number of amides is 3. The van der Waals surface area contributed by atoms with Crippen LogP contribution in [0, 0.1) is 0 Å². The number of likely N-dealkylation sites (tertiary alicyclic amines) is 1. The second-order valence-corrected chi connectivity index (χ2v) is 11.0. The second kappa shape index (κ2) is 18.5. The smallest absolute Gasteiger partial charge is 0.475 e. The monoisotopic (exact) mass is 629 g/mol. The molecule has 0 aromatic rings. The van der Waals surface area contributed by atoms with Gasteiger partial charge in [0, 0.05) is 58.9 Å². The molecule has 19 heteroatoms. The molecule has 0 radical (unpaired) electrons. The lowest BCUT2D eigenvalue weighted by molar-refractivity contribution is -0.140. The topological polar surface area (TPSA) is 244 Å². The Hall–Kier alpha value is -3.36. The van der Waals surface area contributed by atoms with Gasteiger partial charge >= 0.3 is 25.0 Å². The lowest BCUT2D eigenvalue weighted by Gasteiger charge is -2.32. The molecule has 7 N–H and O–H groups in total. The standard InChI is InChI=1S/C25H44BN7O11/c1-18(25(42)33-4-2-3-19(33)26(43)44)28-20(34)13-27-21(35)14-29-5-7-30(15-22(36)37)9-11-32(17-24(40)41)12-10-31(8-6-29)16-23(38)39/h18-19,43-44H,2-17H2,1H3,(H,27,35)(H,28,34)(H,36,37)(H,38,39)(H,40,41)/t18-,19+/m1/s1. The lowest BCUT2D eigenvalue weighted by atomic mass is 9.78. The van der Waals surface area contributed by atoms with Gasteiger partial charge in [-0.3, -0.25) is 48.4 Å². The van der Waals surface area contributed by atoms with E-state index in [-0.39, 0.29) is 78.5 Å². The fraction of sp³-hybridized carbons (Fsp3) is 0.760. The van der Waals surface area contributed by atoms with Gasteiger partial charge in [-0.05, 0) is 19.8 Å².